The van der Waals surface area contributed by atoms with E-state index in [0.29, 0.717) is 29.9 Å². The Kier molecular flexibility index (Phi) is 10.2. The van der Waals surface area contributed by atoms with Crippen molar-refractivity contribution >= 4 is 44.2 Å². The topological polar surface area (TPSA) is 158 Å². The molecule has 1 aromatic carbocycles. The van der Waals surface area contributed by atoms with E-state index in [1.807, 2.05) is 32.0 Å². The highest BCUT2D eigenvalue weighted by Gasteiger charge is 2.61. The third-order valence-corrected chi connectivity index (χ3v) is 11.6. The van der Waals surface area contributed by atoms with Gasteiger partial charge in [-0.1, -0.05) is 19.9 Å². The number of rotatable bonds is 14. The summed E-state index contributed by atoms with van der Waals surface area (Å²) in [7, 11) is -2.06. The smallest absolute Gasteiger partial charge is 0.307 e. The molecule has 5 atom stereocenters. The summed E-state index contributed by atoms with van der Waals surface area (Å²) in [6.45, 7) is 12.7. The summed E-state index contributed by atoms with van der Waals surface area (Å²) < 4.78 is 42.7. The second-order valence-electron chi connectivity index (χ2n) is 14.8. The molecule has 2 saturated carbocycles. The summed E-state index contributed by atoms with van der Waals surface area (Å²) in [4.78, 5) is 60.7. The van der Waals surface area contributed by atoms with Crippen LogP contribution >= 0.6 is 0 Å². The molecule has 1 N–H and O–H groups in total. The van der Waals surface area contributed by atoms with Crippen molar-refractivity contribution in [2.75, 3.05) is 19.4 Å². The highest BCUT2D eigenvalue weighted by Crippen LogP contribution is 2.46. The van der Waals surface area contributed by atoms with Crippen molar-refractivity contribution in [3.05, 3.63) is 43.1 Å². The van der Waals surface area contributed by atoms with Gasteiger partial charge in [0.15, 0.2) is 15.6 Å². The first-order chi connectivity index (χ1) is 23.0. The number of hydrogen-bond acceptors (Lipinski definition) is 10. The van der Waals surface area contributed by atoms with E-state index in [1.165, 1.54) is 4.90 Å². The number of esters is 1. The second kappa shape index (κ2) is 13.7. The van der Waals surface area contributed by atoms with Crippen LogP contribution in [0, 0.1) is 17.8 Å². The lowest BCUT2D eigenvalue weighted by Gasteiger charge is -2.31. The van der Waals surface area contributed by atoms with Crippen LogP contribution in [0.25, 0.3) is 10.8 Å². The first kappa shape index (κ1) is 36.3. The lowest BCUT2D eigenvalue weighted by Crippen LogP contribution is -2.55. The monoisotopic (exact) mass is 697 g/mol. The Morgan fingerprint density at radius 3 is 2.47 bits per heavy atom. The number of ether oxygens (including phenoxy) is 3. The summed E-state index contributed by atoms with van der Waals surface area (Å²) in [6.07, 6.45) is 3.65. The number of hydrogen-bond donors (Lipinski definition) is 1. The first-order valence-corrected chi connectivity index (χ1v) is 18.5. The Bertz CT molecular complexity index is 1750. The minimum Gasteiger partial charge on any atom is -0.497 e. The highest BCUT2D eigenvalue weighted by molar-refractivity contribution is 7.93. The lowest BCUT2D eigenvalue weighted by molar-refractivity contribution is -0.159. The van der Waals surface area contributed by atoms with Gasteiger partial charge in [-0.15, -0.1) is 6.58 Å². The predicted molar refractivity (Wildman–Crippen MR) is 183 cm³/mol. The lowest BCUT2D eigenvalue weighted by atomic mass is 9.90. The van der Waals surface area contributed by atoms with Gasteiger partial charge in [-0.05, 0) is 75.6 Å². The van der Waals surface area contributed by atoms with E-state index in [0.717, 1.165) is 5.39 Å². The summed E-state index contributed by atoms with van der Waals surface area (Å²) in [5, 5.41) is 3.87. The quantitative estimate of drug-likeness (QED) is 0.227. The number of methoxy groups -OCH3 is 1. The van der Waals surface area contributed by atoms with Crippen LogP contribution in [0.4, 0.5) is 0 Å². The maximum Gasteiger partial charge on any atom is 0.307 e. The number of fused-ring (bicyclic) bond motifs is 1. The average molecular weight is 698 g/mol. The largest absolute Gasteiger partial charge is 0.497 e. The summed E-state index contributed by atoms with van der Waals surface area (Å²) in [5.41, 5.74) is -2.16. The Morgan fingerprint density at radius 2 is 1.88 bits per heavy atom. The van der Waals surface area contributed by atoms with Gasteiger partial charge in [0, 0.05) is 23.9 Å². The van der Waals surface area contributed by atoms with E-state index < -0.39 is 79.5 Å². The number of pyridine rings is 1. The van der Waals surface area contributed by atoms with Crippen molar-refractivity contribution in [1.29, 1.82) is 0 Å². The van der Waals surface area contributed by atoms with Crippen molar-refractivity contribution in [3.63, 3.8) is 0 Å². The van der Waals surface area contributed by atoms with Crippen molar-refractivity contribution in [3.8, 4) is 11.6 Å². The van der Waals surface area contributed by atoms with Crippen LogP contribution in [0.2, 0.25) is 0 Å². The Balaban J connectivity index is 1.42. The van der Waals surface area contributed by atoms with Crippen molar-refractivity contribution < 1.29 is 41.8 Å². The summed E-state index contributed by atoms with van der Waals surface area (Å²) in [6, 6.07) is 6.21. The van der Waals surface area contributed by atoms with Gasteiger partial charge in [-0.25, -0.2) is 13.4 Å². The van der Waals surface area contributed by atoms with Gasteiger partial charge in [-0.2, -0.15) is 0 Å². The van der Waals surface area contributed by atoms with Gasteiger partial charge in [0.05, 0.1) is 31.2 Å². The molecule has 266 valence electrons. The number of nitrogens with zero attached hydrogens (tertiary/aromatic N) is 2. The molecule has 1 aromatic heterocycles. The van der Waals surface area contributed by atoms with E-state index >= 15 is 0 Å². The van der Waals surface area contributed by atoms with Crippen LogP contribution < -0.4 is 14.8 Å². The molecule has 12 nitrogen and oxygen atoms in total. The number of nitrogens with one attached hydrogen (secondary N) is 1. The molecule has 5 rings (SSSR count). The molecule has 0 spiro atoms. The van der Waals surface area contributed by atoms with Gasteiger partial charge in [0.1, 0.15) is 34.8 Å². The van der Waals surface area contributed by atoms with E-state index in [9.17, 15) is 27.6 Å². The molecule has 0 radical (unpaired) electrons. The third-order valence-electron chi connectivity index (χ3n) is 9.50. The van der Waals surface area contributed by atoms with Crippen molar-refractivity contribution in [2.45, 2.75) is 95.3 Å². The Morgan fingerprint density at radius 1 is 1.16 bits per heavy atom. The zero-order valence-corrected chi connectivity index (χ0v) is 29.9. The molecular formula is C36H47N3O9S. The molecule has 2 heterocycles. The zero-order chi connectivity index (χ0) is 35.9. The van der Waals surface area contributed by atoms with Crippen LogP contribution in [0.1, 0.15) is 66.7 Å². The number of carbonyl (C=O) groups excluding carboxylic acids is 4. The zero-order valence-electron chi connectivity index (χ0n) is 29.1. The number of carbonyl (C=O) groups is 4. The van der Waals surface area contributed by atoms with Gasteiger partial charge >= 0.3 is 5.97 Å². The third kappa shape index (κ3) is 8.08. The maximum absolute atomic E-state index is 14.3. The molecule has 49 heavy (non-hydrogen) atoms. The number of sulfone groups is 1. The molecule has 3 fully saturated rings. The number of benzene rings is 1. The highest BCUT2D eigenvalue weighted by atomic mass is 32.2. The van der Waals surface area contributed by atoms with Gasteiger partial charge in [0.25, 0.3) is 0 Å². The molecule has 1 aliphatic heterocycles. The molecule has 2 amide bonds. The van der Waals surface area contributed by atoms with Crippen LogP contribution in [-0.4, -0.2) is 89.8 Å². The van der Waals surface area contributed by atoms with Gasteiger partial charge in [-0.3, -0.25) is 19.2 Å². The molecule has 0 unspecified atom stereocenters. The van der Waals surface area contributed by atoms with Gasteiger partial charge < -0.3 is 24.4 Å². The standard InChI is InChI=1S/C36H47N3O9S/c1-8-23-18-36(23,30(40)20-49(44,45)26-10-11-26)38-32(42)29-16-25(47-33-27-12-9-24(46-7)15-22(27)13-14-37-33)19-39(29)34(43)28(21(2)3)17-31(41)48-35(4,5)6/h8-9,12-15,21,23,25-26,28-29H,1,10-11,16-20H2,2-7H3,(H,38,42)/t23-,25-,28+,29+,36-/m1/s1. The molecule has 3 aliphatic rings. The minimum absolute atomic E-state index is 0.0184. The average Bonchev–Trinajstić information content (AvgIpc) is 3.95. The normalized spacial score (nSPS) is 24.3. The Labute approximate surface area is 287 Å². The molecule has 1 saturated heterocycles. The second-order valence-corrected chi connectivity index (χ2v) is 17.0. The first-order valence-electron chi connectivity index (χ1n) is 16.8. The van der Waals surface area contributed by atoms with E-state index in [4.69, 9.17) is 14.2 Å². The SMILES string of the molecule is C=C[C@@H]1C[C@]1(NC(=O)[C@@H]1C[C@@H](Oc2nccc3cc(OC)ccc23)CN1C(=O)[C@@H](CC(=O)OC(C)(C)C)C(C)C)C(=O)CS(=O)(=O)C1CC1. The van der Waals surface area contributed by atoms with E-state index in [1.54, 1.807) is 46.2 Å². The molecule has 13 heteroatoms. The fourth-order valence-electron chi connectivity index (χ4n) is 6.53. The van der Waals surface area contributed by atoms with E-state index in [2.05, 4.69) is 16.9 Å². The molecule has 2 aromatic rings. The fourth-order valence-corrected chi connectivity index (χ4v) is 8.25. The summed E-state index contributed by atoms with van der Waals surface area (Å²) in [5.74, 6) is -3.33. The number of ketones is 1. The molecular weight excluding hydrogens is 650 g/mol. The van der Waals surface area contributed by atoms with Crippen LogP contribution in [0.15, 0.2) is 43.1 Å². The van der Waals surface area contributed by atoms with Gasteiger partial charge in [0.2, 0.25) is 17.7 Å². The number of aromatic nitrogens is 1. The van der Waals surface area contributed by atoms with E-state index in [-0.39, 0.29) is 31.7 Å². The van der Waals surface area contributed by atoms with Crippen LogP contribution in [0.3, 0.4) is 0 Å². The minimum atomic E-state index is -3.63. The van der Waals surface area contributed by atoms with Crippen LogP contribution in [-0.2, 0) is 33.8 Å². The van der Waals surface area contributed by atoms with Crippen molar-refractivity contribution in [1.82, 2.24) is 15.2 Å². The number of likely N-dealkylation sites (tertiary alicyclic amines) is 1. The number of amides is 2. The predicted octanol–water partition coefficient (Wildman–Crippen LogP) is 3.80. The van der Waals surface area contributed by atoms with Crippen LogP contribution in [0.5, 0.6) is 11.6 Å². The number of Topliss-reactive ketones (excluding diaryl/α,β-unsaturated/α-hetero) is 1. The fraction of sp³-hybridized carbons (Fsp3) is 0.583. The Hall–Kier alpha value is -4.00. The summed E-state index contributed by atoms with van der Waals surface area (Å²) >= 11 is 0. The van der Waals surface area contributed by atoms with Crippen molar-refractivity contribution in [2.24, 2.45) is 17.8 Å². The maximum atomic E-state index is 14.3. The molecule has 0 bridgehead atoms. The molecule has 2 aliphatic carbocycles.